The molecule has 0 saturated heterocycles. The number of benzene rings is 1. The molecule has 0 bridgehead atoms. The Hall–Kier alpha value is -1.61. The minimum atomic E-state index is -0.0198. The number of hydrogen-bond donors (Lipinski definition) is 0. The molecule has 2 rings (SSSR count). The monoisotopic (exact) mass is 262 g/mol. The van der Waals surface area contributed by atoms with Crippen LogP contribution in [0.5, 0.6) is 0 Å². The van der Waals surface area contributed by atoms with Gasteiger partial charge in [0.25, 0.3) is 0 Å². The van der Waals surface area contributed by atoms with Gasteiger partial charge in [0.2, 0.25) is 0 Å². The van der Waals surface area contributed by atoms with E-state index in [1.165, 1.54) is 6.92 Å². The van der Waals surface area contributed by atoms with Crippen molar-refractivity contribution in [2.24, 2.45) is 0 Å². The lowest BCUT2D eigenvalue weighted by atomic mass is 10.1. The zero-order valence-corrected chi connectivity index (χ0v) is 11.2. The van der Waals surface area contributed by atoms with Crippen LogP contribution in [0, 0.1) is 0 Å². The van der Waals surface area contributed by atoms with E-state index >= 15 is 0 Å². The lowest BCUT2D eigenvalue weighted by molar-refractivity contribution is 0.101. The normalized spacial score (nSPS) is 10.6. The van der Waals surface area contributed by atoms with Gasteiger partial charge >= 0.3 is 0 Å². The molecule has 0 N–H and O–H groups in total. The van der Waals surface area contributed by atoms with E-state index in [0.717, 1.165) is 24.2 Å². The van der Waals surface area contributed by atoms with Gasteiger partial charge in [0.15, 0.2) is 5.78 Å². The molecule has 1 heterocycles. The van der Waals surface area contributed by atoms with Gasteiger partial charge in [-0.25, -0.2) is 0 Å². The van der Waals surface area contributed by atoms with Crippen LogP contribution in [0.2, 0.25) is 5.02 Å². The number of Topliss-reactive ketones (excluding diaryl/α,β-unsaturated/α-hetero) is 1. The van der Waals surface area contributed by atoms with Crippen molar-refractivity contribution in [3.8, 4) is 11.3 Å². The SMILES string of the molecule is CCCn1nccc1-c1ccc(C(C)=O)c(Cl)c1. The Morgan fingerprint density at radius 1 is 1.39 bits per heavy atom. The predicted molar refractivity (Wildman–Crippen MR) is 73.0 cm³/mol. The first-order chi connectivity index (χ1) is 8.63. The van der Waals surface area contributed by atoms with Crippen LogP contribution in [-0.4, -0.2) is 15.6 Å². The van der Waals surface area contributed by atoms with Crippen LogP contribution in [0.4, 0.5) is 0 Å². The van der Waals surface area contributed by atoms with Gasteiger partial charge in [-0.1, -0.05) is 24.6 Å². The molecule has 0 aliphatic rings. The van der Waals surface area contributed by atoms with Crippen LogP contribution < -0.4 is 0 Å². The molecule has 2 aromatic rings. The topological polar surface area (TPSA) is 34.9 Å². The van der Waals surface area contributed by atoms with Crippen LogP contribution in [0.25, 0.3) is 11.3 Å². The zero-order chi connectivity index (χ0) is 13.1. The molecule has 1 aromatic carbocycles. The molecule has 0 aliphatic carbocycles. The van der Waals surface area contributed by atoms with E-state index in [-0.39, 0.29) is 5.78 Å². The third-order valence-corrected chi connectivity index (χ3v) is 3.11. The highest BCUT2D eigenvalue weighted by Crippen LogP contribution is 2.26. The van der Waals surface area contributed by atoms with Crippen molar-refractivity contribution >= 4 is 17.4 Å². The van der Waals surface area contributed by atoms with Crippen molar-refractivity contribution in [2.45, 2.75) is 26.8 Å². The van der Waals surface area contributed by atoms with Crippen molar-refractivity contribution in [3.63, 3.8) is 0 Å². The van der Waals surface area contributed by atoms with Gasteiger partial charge in [0.1, 0.15) is 0 Å². The Bertz CT molecular complexity index is 575. The second-order valence-corrected chi connectivity index (χ2v) is 4.60. The molecule has 0 aliphatic heterocycles. The average Bonchev–Trinajstić information content (AvgIpc) is 2.77. The van der Waals surface area contributed by atoms with Gasteiger partial charge in [-0.2, -0.15) is 5.10 Å². The fraction of sp³-hybridized carbons (Fsp3) is 0.286. The molecule has 18 heavy (non-hydrogen) atoms. The van der Waals surface area contributed by atoms with Gasteiger partial charge in [-0.3, -0.25) is 9.48 Å². The van der Waals surface area contributed by atoms with Crippen LogP contribution in [0.3, 0.4) is 0 Å². The van der Waals surface area contributed by atoms with E-state index in [2.05, 4.69) is 12.0 Å². The summed E-state index contributed by atoms with van der Waals surface area (Å²) in [4.78, 5) is 11.3. The largest absolute Gasteiger partial charge is 0.294 e. The highest BCUT2D eigenvalue weighted by molar-refractivity contribution is 6.34. The molecule has 3 nitrogen and oxygen atoms in total. The number of aromatic nitrogens is 2. The van der Waals surface area contributed by atoms with Gasteiger partial charge < -0.3 is 0 Å². The van der Waals surface area contributed by atoms with E-state index in [0.29, 0.717) is 10.6 Å². The summed E-state index contributed by atoms with van der Waals surface area (Å²) >= 11 is 6.12. The summed E-state index contributed by atoms with van der Waals surface area (Å²) in [6.45, 7) is 4.49. The zero-order valence-electron chi connectivity index (χ0n) is 10.5. The highest BCUT2D eigenvalue weighted by Gasteiger charge is 2.10. The van der Waals surface area contributed by atoms with Crippen LogP contribution in [-0.2, 0) is 6.54 Å². The van der Waals surface area contributed by atoms with Crippen molar-refractivity contribution in [1.82, 2.24) is 9.78 Å². The minimum Gasteiger partial charge on any atom is -0.294 e. The summed E-state index contributed by atoms with van der Waals surface area (Å²) in [6.07, 6.45) is 2.80. The molecule has 0 spiro atoms. The maximum atomic E-state index is 11.3. The summed E-state index contributed by atoms with van der Waals surface area (Å²) in [5.74, 6) is -0.0198. The molecule has 1 aromatic heterocycles. The Labute approximate surface area is 111 Å². The molecule has 0 radical (unpaired) electrons. The average molecular weight is 263 g/mol. The van der Waals surface area contributed by atoms with Crippen molar-refractivity contribution in [1.29, 1.82) is 0 Å². The second kappa shape index (κ2) is 5.36. The fourth-order valence-corrected chi connectivity index (χ4v) is 2.24. The number of carbonyl (C=O) groups is 1. The van der Waals surface area contributed by atoms with E-state index in [1.54, 1.807) is 12.3 Å². The van der Waals surface area contributed by atoms with E-state index in [9.17, 15) is 4.79 Å². The van der Waals surface area contributed by atoms with E-state index < -0.39 is 0 Å². The second-order valence-electron chi connectivity index (χ2n) is 4.19. The van der Waals surface area contributed by atoms with Crippen LogP contribution in [0.15, 0.2) is 30.5 Å². The van der Waals surface area contributed by atoms with Crippen LogP contribution >= 0.6 is 11.6 Å². The molecular weight excluding hydrogens is 248 g/mol. The summed E-state index contributed by atoms with van der Waals surface area (Å²) in [7, 11) is 0. The Kier molecular flexibility index (Phi) is 3.82. The number of hydrogen-bond acceptors (Lipinski definition) is 2. The highest BCUT2D eigenvalue weighted by atomic mass is 35.5. The molecule has 94 valence electrons. The summed E-state index contributed by atoms with van der Waals surface area (Å²) in [5, 5.41) is 4.77. The van der Waals surface area contributed by atoms with Crippen molar-refractivity contribution in [3.05, 3.63) is 41.0 Å². The van der Waals surface area contributed by atoms with E-state index in [4.69, 9.17) is 11.6 Å². The minimum absolute atomic E-state index is 0.0198. The van der Waals surface area contributed by atoms with Crippen molar-refractivity contribution in [2.75, 3.05) is 0 Å². The number of aryl methyl sites for hydroxylation is 1. The van der Waals surface area contributed by atoms with Gasteiger partial charge in [0, 0.05) is 23.9 Å². The molecular formula is C14H15ClN2O. The standard InChI is InChI=1S/C14H15ClN2O/c1-3-8-17-14(6-7-16-17)11-4-5-12(10(2)18)13(15)9-11/h4-7,9H,3,8H2,1-2H3. The van der Waals surface area contributed by atoms with Gasteiger partial charge in [-0.15, -0.1) is 0 Å². The first-order valence-corrected chi connectivity index (χ1v) is 6.34. The Morgan fingerprint density at radius 2 is 2.17 bits per heavy atom. The maximum absolute atomic E-state index is 11.3. The first-order valence-electron chi connectivity index (χ1n) is 5.96. The number of carbonyl (C=O) groups excluding carboxylic acids is 1. The number of halogens is 1. The smallest absolute Gasteiger partial charge is 0.161 e. The Morgan fingerprint density at radius 3 is 2.78 bits per heavy atom. The van der Waals surface area contributed by atoms with Crippen LogP contribution in [0.1, 0.15) is 30.6 Å². The Balaban J connectivity index is 2.42. The number of nitrogens with zero attached hydrogens (tertiary/aromatic N) is 2. The quantitative estimate of drug-likeness (QED) is 0.785. The van der Waals surface area contributed by atoms with Gasteiger partial charge in [0.05, 0.1) is 10.7 Å². The predicted octanol–water partition coefficient (Wildman–Crippen LogP) is 3.82. The van der Waals surface area contributed by atoms with E-state index in [1.807, 2.05) is 22.9 Å². The first kappa shape index (κ1) is 12.8. The lowest BCUT2D eigenvalue weighted by Crippen LogP contribution is -2.01. The fourth-order valence-electron chi connectivity index (χ4n) is 1.93. The molecule has 0 amide bonds. The van der Waals surface area contributed by atoms with Crippen molar-refractivity contribution < 1.29 is 4.79 Å². The molecule has 0 fully saturated rings. The molecule has 4 heteroatoms. The summed E-state index contributed by atoms with van der Waals surface area (Å²) < 4.78 is 1.94. The molecule has 0 unspecified atom stereocenters. The third-order valence-electron chi connectivity index (χ3n) is 2.80. The summed E-state index contributed by atoms with van der Waals surface area (Å²) in [6, 6.07) is 7.45. The lowest BCUT2D eigenvalue weighted by Gasteiger charge is -2.08. The van der Waals surface area contributed by atoms with Gasteiger partial charge in [-0.05, 0) is 31.5 Å². The maximum Gasteiger partial charge on any atom is 0.161 e. The number of rotatable bonds is 4. The summed E-state index contributed by atoms with van der Waals surface area (Å²) in [5.41, 5.74) is 2.56. The molecule has 0 atom stereocenters. The third kappa shape index (κ3) is 2.46. The number of ketones is 1. The molecule has 0 saturated carbocycles.